The first-order valence-corrected chi connectivity index (χ1v) is 7.20. The van der Waals surface area contributed by atoms with Crippen LogP contribution in [0.25, 0.3) is 0 Å². The van der Waals surface area contributed by atoms with Crippen molar-refractivity contribution in [3.05, 3.63) is 35.9 Å². The molecule has 126 valence electrons. The van der Waals surface area contributed by atoms with Gasteiger partial charge >= 0.3 is 5.97 Å². The Morgan fingerprint density at radius 1 is 1.33 bits per heavy atom. The van der Waals surface area contributed by atoms with E-state index in [0.29, 0.717) is 26.2 Å². The zero-order chi connectivity index (χ0) is 17.5. The SMILES string of the molecule is N#C/C(=C/N1CCN(C(=O)c2ccco2)CC1)C(=O)NCC(=O)O. The van der Waals surface area contributed by atoms with E-state index in [1.54, 1.807) is 28.0 Å². The van der Waals surface area contributed by atoms with Gasteiger partial charge < -0.3 is 24.6 Å². The largest absolute Gasteiger partial charge is 0.480 e. The molecule has 9 nitrogen and oxygen atoms in total. The molecule has 0 unspecified atom stereocenters. The van der Waals surface area contributed by atoms with Gasteiger partial charge in [0, 0.05) is 32.4 Å². The van der Waals surface area contributed by atoms with E-state index in [2.05, 4.69) is 5.32 Å². The predicted octanol–water partition coefficient (Wildman–Crippen LogP) is -0.354. The lowest BCUT2D eigenvalue weighted by Gasteiger charge is -2.33. The molecule has 0 bridgehead atoms. The van der Waals surface area contributed by atoms with Gasteiger partial charge in [0.25, 0.3) is 11.8 Å². The molecule has 1 aromatic heterocycles. The van der Waals surface area contributed by atoms with Crippen molar-refractivity contribution in [3.63, 3.8) is 0 Å². The Bertz CT molecular complexity index is 681. The molecule has 1 saturated heterocycles. The summed E-state index contributed by atoms with van der Waals surface area (Å²) in [6.45, 7) is 1.19. The van der Waals surface area contributed by atoms with Crippen molar-refractivity contribution in [1.29, 1.82) is 5.26 Å². The maximum absolute atomic E-state index is 12.1. The number of nitriles is 1. The van der Waals surface area contributed by atoms with Crippen molar-refractivity contribution in [2.24, 2.45) is 0 Å². The van der Waals surface area contributed by atoms with Crippen LogP contribution in [0.1, 0.15) is 10.6 Å². The molecule has 9 heteroatoms. The molecule has 2 amide bonds. The highest BCUT2D eigenvalue weighted by Gasteiger charge is 2.23. The molecule has 1 aliphatic rings. The van der Waals surface area contributed by atoms with Gasteiger partial charge in [-0.1, -0.05) is 0 Å². The van der Waals surface area contributed by atoms with Crippen molar-refractivity contribution >= 4 is 17.8 Å². The van der Waals surface area contributed by atoms with Crippen LogP contribution < -0.4 is 5.32 Å². The van der Waals surface area contributed by atoms with Gasteiger partial charge in [-0.05, 0) is 12.1 Å². The summed E-state index contributed by atoms with van der Waals surface area (Å²) in [7, 11) is 0. The maximum Gasteiger partial charge on any atom is 0.322 e. The number of aliphatic carboxylic acids is 1. The standard InChI is InChI=1S/C15H16N4O5/c16-8-11(14(22)17-9-13(20)21)10-18-3-5-19(6-4-18)15(23)12-2-1-7-24-12/h1-2,7,10H,3-6,9H2,(H,17,22)(H,20,21)/b11-10-. The van der Waals surface area contributed by atoms with E-state index in [9.17, 15) is 14.4 Å². The first kappa shape index (κ1) is 17.1. The molecule has 0 spiro atoms. The molecular formula is C15H16N4O5. The molecule has 2 N–H and O–H groups in total. The van der Waals surface area contributed by atoms with Gasteiger partial charge in [0.1, 0.15) is 18.2 Å². The quantitative estimate of drug-likeness (QED) is 0.557. The lowest BCUT2D eigenvalue weighted by Crippen LogP contribution is -2.47. The molecule has 2 rings (SSSR count). The Morgan fingerprint density at radius 2 is 2.04 bits per heavy atom. The summed E-state index contributed by atoms with van der Waals surface area (Å²) >= 11 is 0. The second-order valence-electron chi connectivity index (χ2n) is 5.04. The first-order valence-electron chi connectivity index (χ1n) is 7.20. The summed E-state index contributed by atoms with van der Waals surface area (Å²) in [5.41, 5.74) is -0.179. The lowest BCUT2D eigenvalue weighted by atomic mass is 10.2. The average molecular weight is 332 g/mol. The number of carbonyl (C=O) groups excluding carboxylic acids is 2. The summed E-state index contributed by atoms with van der Waals surface area (Å²) in [5, 5.41) is 19.7. The smallest absolute Gasteiger partial charge is 0.322 e. The number of carbonyl (C=O) groups is 3. The highest BCUT2D eigenvalue weighted by atomic mass is 16.4. The third-order valence-corrected chi connectivity index (χ3v) is 3.41. The van der Waals surface area contributed by atoms with Crippen molar-refractivity contribution in [2.45, 2.75) is 0 Å². The normalized spacial score (nSPS) is 14.9. The second-order valence-corrected chi connectivity index (χ2v) is 5.04. The predicted molar refractivity (Wildman–Crippen MR) is 80.5 cm³/mol. The van der Waals surface area contributed by atoms with Crippen LogP contribution in [0, 0.1) is 11.3 Å². The van der Waals surface area contributed by atoms with E-state index >= 15 is 0 Å². The lowest BCUT2D eigenvalue weighted by molar-refractivity contribution is -0.137. The van der Waals surface area contributed by atoms with Gasteiger partial charge in [0.05, 0.1) is 6.26 Å². The monoisotopic (exact) mass is 332 g/mol. The van der Waals surface area contributed by atoms with Crippen molar-refractivity contribution in [3.8, 4) is 6.07 Å². The van der Waals surface area contributed by atoms with Crippen LogP contribution in [0.4, 0.5) is 0 Å². The van der Waals surface area contributed by atoms with Crippen LogP contribution in [0.15, 0.2) is 34.6 Å². The number of hydrogen-bond donors (Lipinski definition) is 2. The van der Waals surface area contributed by atoms with Crippen molar-refractivity contribution in [2.75, 3.05) is 32.7 Å². The maximum atomic E-state index is 12.1. The van der Waals surface area contributed by atoms with E-state index in [1.165, 1.54) is 12.5 Å². The van der Waals surface area contributed by atoms with E-state index in [0.717, 1.165) is 0 Å². The average Bonchev–Trinajstić information content (AvgIpc) is 3.12. The minimum atomic E-state index is -1.19. The Morgan fingerprint density at radius 3 is 2.58 bits per heavy atom. The molecule has 0 atom stereocenters. The zero-order valence-corrected chi connectivity index (χ0v) is 12.8. The molecule has 0 aromatic carbocycles. The molecule has 0 radical (unpaired) electrons. The fourth-order valence-corrected chi connectivity index (χ4v) is 2.18. The number of nitrogens with one attached hydrogen (secondary N) is 1. The summed E-state index contributed by atoms with van der Waals surface area (Å²) in [6, 6.07) is 4.98. The van der Waals surface area contributed by atoms with Crippen LogP contribution in [0.3, 0.4) is 0 Å². The van der Waals surface area contributed by atoms with Gasteiger partial charge in [0.2, 0.25) is 0 Å². The third-order valence-electron chi connectivity index (χ3n) is 3.41. The van der Waals surface area contributed by atoms with E-state index < -0.39 is 18.4 Å². The molecule has 1 fully saturated rings. The highest BCUT2D eigenvalue weighted by Crippen LogP contribution is 2.10. The fraction of sp³-hybridized carbons (Fsp3) is 0.333. The van der Waals surface area contributed by atoms with Gasteiger partial charge in [0.15, 0.2) is 5.76 Å². The summed E-state index contributed by atoms with van der Waals surface area (Å²) in [5.74, 6) is -1.87. The van der Waals surface area contributed by atoms with Crippen LogP contribution in [-0.2, 0) is 9.59 Å². The minimum absolute atomic E-state index is 0.179. The first-order chi connectivity index (χ1) is 11.5. The number of carboxylic acid groups (broad SMARTS) is 1. The molecule has 0 aliphatic carbocycles. The number of nitrogens with zero attached hydrogens (tertiary/aromatic N) is 3. The summed E-state index contributed by atoms with van der Waals surface area (Å²) in [4.78, 5) is 37.6. The summed E-state index contributed by atoms with van der Waals surface area (Å²) < 4.78 is 5.07. The van der Waals surface area contributed by atoms with Gasteiger partial charge in [-0.3, -0.25) is 14.4 Å². The number of furan rings is 1. The second kappa shape index (κ2) is 7.82. The molecule has 1 aromatic rings. The van der Waals surface area contributed by atoms with E-state index in [4.69, 9.17) is 14.8 Å². The van der Waals surface area contributed by atoms with Gasteiger partial charge in [-0.25, -0.2) is 0 Å². The van der Waals surface area contributed by atoms with Crippen LogP contribution in [-0.4, -0.2) is 65.4 Å². The van der Waals surface area contributed by atoms with Crippen LogP contribution in [0.2, 0.25) is 0 Å². The number of hydrogen-bond acceptors (Lipinski definition) is 6. The highest BCUT2D eigenvalue weighted by molar-refractivity contribution is 5.98. The van der Waals surface area contributed by atoms with Crippen LogP contribution in [0.5, 0.6) is 0 Å². The number of amides is 2. The minimum Gasteiger partial charge on any atom is -0.480 e. The number of carboxylic acids is 1. The van der Waals surface area contributed by atoms with E-state index in [-0.39, 0.29) is 17.2 Å². The fourth-order valence-electron chi connectivity index (χ4n) is 2.18. The molecule has 1 aliphatic heterocycles. The van der Waals surface area contributed by atoms with Gasteiger partial charge in [-0.15, -0.1) is 0 Å². The number of rotatable bonds is 5. The molecular weight excluding hydrogens is 316 g/mol. The van der Waals surface area contributed by atoms with E-state index in [1.807, 2.05) is 0 Å². The van der Waals surface area contributed by atoms with Crippen LogP contribution >= 0.6 is 0 Å². The number of piperazine rings is 1. The molecule has 0 saturated carbocycles. The molecule has 24 heavy (non-hydrogen) atoms. The zero-order valence-electron chi connectivity index (χ0n) is 12.8. The van der Waals surface area contributed by atoms with Gasteiger partial charge in [-0.2, -0.15) is 5.26 Å². The third kappa shape index (κ3) is 4.36. The Kier molecular flexibility index (Phi) is 5.57. The van der Waals surface area contributed by atoms with Crippen molar-refractivity contribution in [1.82, 2.24) is 15.1 Å². The Labute approximate surface area is 137 Å². The molecule has 2 heterocycles. The Balaban J connectivity index is 1.91. The van der Waals surface area contributed by atoms with Crippen molar-refractivity contribution < 1.29 is 23.9 Å². The Hall–Kier alpha value is -3.28. The topological polar surface area (TPSA) is 127 Å². The summed E-state index contributed by atoms with van der Waals surface area (Å²) in [6.07, 6.45) is 2.81.